The number of benzene rings is 2. The van der Waals surface area contributed by atoms with Crippen LogP contribution >= 0.6 is 0 Å². The van der Waals surface area contributed by atoms with Crippen LogP contribution in [-0.2, 0) is 27.3 Å². The van der Waals surface area contributed by atoms with E-state index < -0.39 is 0 Å². The maximum atomic E-state index is 13.1. The van der Waals surface area contributed by atoms with Gasteiger partial charge in [0.1, 0.15) is 11.6 Å². The predicted octanol–water partition coefficient (Wildman–Crippen LogP) is 3.43. The van der Waals surface area contributed by atoms with Crippen LogP contribution in [0.4, 0.5) is 4.39 Å². The third-order valence-electron chi connectivity index (χ3n) is 5.67. The van der Waals surface area contributed by atoms with E-state index in [-0.39, 0.29) is 42.8 Å². The Hall–Kier alpha value is -2.93. The van der Waals surface area contributed by atoms with Crippen molar-refractivity contribution in [2.24, 2.45) is 0 Å². The van der Waals surface area contributed by atoms with Crippen molar-refractivity contribution in [1.82, 2.24) is 9.80 Å². The Morgan fingerprint density at radius 1 is 0.969 bits per heavy atom. The Labute approximate surface area is 188 Å². The Balaban J connectivity index is 1.49. The minimum atomic E-state index is -0.266. The number of hydrogen-bond acceptors (Lipinski definition) is 5. The zero-order valence-electron chi connectivity index (χ0n) is 18.9. The van der Waals surface area contributed by atoms with E-state index in [1.807, 2.05) is 11.8 Å². The molecule has 3 rings (SSSR count). The number of halogens is 1. The highest BCUT2D eigenvalue weighted by Crippen LogP contribution is 2.19. The highest BCUT2D eigenvalue weighted by atomic mass is 19.1. The SMILES string of the molecule is CCOC(=O)Cc1ccc(OCC(=O)N2C[C@@H](C)N(Cc3ccc(F)cc3)C[C@@H]2C)cc1. The summed E-state index contributed by atoms with van der Waals surface area (Å²) in [7, 11) is 0. The first-order valence-corrected chi connectivity index (χ1v) is 11.0. The Morgan fingerprint density at radius 2 is 1.62 bits per heavy atom. The van der Waals surface area contributed by atoms with Gasteiger partial charge < -0.3 is 14.4 Å². The standard InChI is InChI=1S/C25H31FN2O4/c1-4-31-25(30)13-20-7-11-23(12-8-20)32-17-24(29)28-15-18(2)27(14-19(28)3)16-21-5-9-22(26)10-6-21/h5-12,18-19H,4,13-17H2,1-3H3/t18-,19+/m1/s1. The van der Waals surface area contributed by atoms with E-state index in [4.69, 9.17) is 9.47 Å². The van der Waals surface area contributed by atoms with Gasteiger partial charge in [-0.2, -0.15) is 0 Å². The van der Waals surface area contributed by atoms with E-state index in [1.54, 1.807) is 43.3 Å². The average molecular weight is 443 g/mol. The third-order valence-corrected chi connectivity index (χ3v) is 5.67. The number of carbonyl (C=O) groups excluding carboxylic acids is 2. The smallest absolute Gasteiger partial charge is 0.310 e. The molecule has 7 heteroatoms. The van der Waals surface area contributed by atoms with E-state index in [0.29, 0.717) is 18.9 Å². The molecule has 0 radical (unpaired) electrons. The summed E-state index contributed by atoms with van der Waals surface area (Å²) >= 11 is 0. The van der Waals surface area contributed by atoms with Crippen molar-refractivity contribution in [3.05, 3.63) is 65.5 Å². The largest absolute Gasteiger partial charge is 0.484 e. The van der Waals surface area contributed by atoms with Gasteiger partial charge in [-0.15, -0.1) is 0 Å². The summed E-state index contributed by atoms with van der Waals surface area (Å²) in [6.45, 7) is 8.31. The van der Waals surface area contributed by atoms with Crippen LogP contribution in [0.2, 0.25) is 0 Å². The molecule has 2 aromatic rings. The molecule has 0 unspecified atom stereocenters. The highest BCUT2D eigenvalue weighted by Gasteiger charge is 2.32. The molecule has 0 bridgehead atoms. The maximum Gasteiger partial charge on any atom is 0.310 e. The van der Waals surface area contributed by atoms with Gasteiger partial charge >= 0.3 is 5.97 Å². The lowest BCUT2D eigenvalue weighted by atomic mass is 10.1. The number of nitrogens with zero attached hydrogens (tertiary/aromatic N) is 2. The highest BCUT2D eigenvalue weighted by molar-refractivity contribution is 5.78. The summed E-state index contributed by atoms with van der Waals surface area (Å²) in [6, 6.07) is 13.9. The first kappa shape index (κ1) is 23.7. The summed E-state index contributed by atoms with van der Waals surface area (Å²) < 4.78 is 23.8. The third kappa shape index (κ3) is 6.53. The lowest BCUT2D eigenvalue weighted by molar-refractivity contribution is -0.142. The first-order valence-electron chi connectivity index (χ1n) is 11.0. The van der Waals surface area contributed by atoms with Crippen molar-refractivity contribution in [3.8, 4) is 5.75 Å². The summed E-state index contributed by atoms with van der Waals surface area (Å²) in [5, 5.41) is 0. The van der Waals surface area contributed by atoms with Crippen molar-refractivity contribution in [2.75, 3.05) is 26.3 Å². The Kier molecular flexibility index (Phi) is 8.22. The van der Waals surface area contributed by atoms with Crippen molar-refractivity contribution in [3.63, 3.8) is 0 Å². The van der Waals surface area contributed by atoms with E-state index in [1.165, 1.54) is 12.1 Å². The van der Waals surface area contributed by atoms with E-state index in [2.05, 4.69) is 11.8 Å². The molecule has 1 aliphatic heterocycles. The first-order chi connectivity index (χ1) is 15.4. The number of hydrogen-bond donors (Lipinski definition) is 0. The van der Waals surface area contributed by atoms with Crippen molar-refractivity contribution < 1.29 is 23.5 Å². The number of carbonyl (C=O) groups is 2. The molecule has 1 saturated heterocycles. The molecule has 0 aromatic heterocycles. The number of piperazine rings is 1. The Bertz CT molecular complexity index is 901. The van der Waals surface area contributed by atoms with Gasteiger partial charge in [0, 0.05) is 31.7 Å². The second-order valence-electron chi connectivity index (χ2n) is 8.21. The number of amides is 1. The molecule has 1 aliphatic rings. The molecule has 32 heavy (non-hydrogen) atoms. The molecular formula is C25H31FN2O4. The van der Waals surface area contributed by atoms with Crippen LogP contribution in [0, 0.1) is 5.82 Å². The summed E-state index contributed by atoms with van der Waals surface area (Å²) in [5.41, 5.74) is 1.89. The number of esters is 1. The van der Waals surface area contributed by atoms with Gasteiger partial charge in [-0.1, -0.05) is 24.3 Å². The van der Waals surface area contributed by atoms with Gasteiger partial charge in [-0.05, 0) is 56.2 Å². The number of rotatable bonds is 8. The summed E-state index contributed by atoms with van der Waals surface area (Å²) in [4.78, 5) is 28.5. The summed E-state index contributed by atoms with van der Waals surface area (Å²) in [6.07, 6.45) is 0.213. The van der Waals surface area contributed by atoms with Crippen LogP contribution in [0.15, 0.2) is 48.5 Å². The predicted molar refractivity (Wildman–Crippen MR) is 120 cm³/mol. The van der Waals surface area contributed by atoms with Crippen LogP contribution in [0.1, 0.15) is 31.9 Å². The van der Waals surface area contributed by atoms with E-state index in [0.717, 1.165) is 24.2 Å². The minimum Gasteiger partial charge on any atom is -0.484 e. The molecule has 0 spiro atoms. The fourth-order valence-electron chi connectivity index (χ4n) is 3.90. The molecule has 6 nitrogen and oxygen atoms in total. The average Bonchev–Trinajstić information content (AvgIpc) is 2.77. The molecule has 172 valence electrons. The molecule has 0 N–H and O–H groups in total. The normalized spacial score (nSPS) is 18.9. The fourth-order valence-corrected chi connectivity index (χ4v) is 3.90. The van der Waals surface area contributed by atoms with Crippen molar-refractivity contribution in [2.45, 2.75) is 45.8 Å². The van der Waals surface area contributed by atoms with Crippen LogP contribution in [0.25, 0.3) is 0 Å². The van der Waals surface area contributed by atoms with E-state index in [9.17, 15) is 14.0 Å². The molecule has 0 saturated carbocycles. The monoisotopic (exact) mass is 442 g/mol. The topological polar surface area (TPSA) is 59.1 Å². The molecule has 1 amide bonds. The molecule has 2 atom stereocenters. The van der Waals surface area contributed by atoms with Gasteiger partial charge in [-0.25, -0.2) is 4.39 Å². The van der Waals surface area contributed by atoms with Crippen molar-refractivity contribution in [1.29, 1.82) is 0 Å². The molecule has 1 heterocycles. The van der Waals surface area contributed by atoms with Crippen molar-refractivity contribution >= 4 is 11.9 Å². The van der Waals surface area contributed by atoms with Gasteiger partial charge in [0.05, 0.1) is 13.0 Å². The van der Waals surface area contributed by atoms with Crippen LogP contribution < -0.4 is 4.74 Å². The van der Waals surface area contributed by atoms with Gasteiger partial charge in [0.15, 0.2) is 6.61 Å². The Morgan fingerprint density at radius 3 is 2.28 bits per heavy atom. The minimum absolute atomic E-state index is 0.0355. The molecule has 0 aliphatic carbocycles. The lowest BCUT2D eigenvalue weighted by Gasteiger charge is -2.44. The van der Waals surface area contributed by atoms with Crippen LogP contribution in [0.3, 0.4) is 0 Å². The zero-order chi connectivity index (χ0) is 23.1. The van der Waals surface area contributed by atoms with Crippen LogP contribution in [-0.4, -0.2) is 60.1 Å². The van der Waals surface area contributed by atoms with Crippen LogP contribution in [0.5, 0.6) is 5.75 Å². The molecule has 2 aromatic carbocycles. The van der Waals surface area contributed by atoms with Gasteiger partial charge in [-0.3, -0.25) is 14.5 Å². The lowest BCUT2D eigenvalue weighted by Crippen LogP contribution is -2.58. The van der Waals surface area contributed by atoms with Gasteiger partial charge in [0.25, 0.3) is 5.91 Å². The summed E-state index contributed by atoms with van der Waals surface area (Å²) in [5.74, 6) is 0.0280. The molecule has 1 fully saturated rings. The second-order valence-corrected chi connectivity index (χ2v) is 8.21. The van der Waals surface area contributed by atoms with E-state index >= 15 is 0 Å². The number of ether oxygens (including phenoxy) is 2. The maximum absolute atomic E-state index is 13.1. The molecular weight excluding hydrogens is 411 g/mol. The fraction of sp³-hybridized carbons (Fsp3) is 0.440. The second kappa shape index (κ2) is 11.1. The quantitative estimate of drug-likeness (QED) is 0.587. The van der Waals surface area contributed by atoms with Gasteiger partial charge in [0.2, 0.25) is 0 Å². The zero-order valence-corrected chi connectivity index (χ0v) is 18.9.